The lowest BCUT2D eigenvalue weighted by Gasteiger charge is -2.41. The van der Waals surface area contributed by atoms with Crippen molar-refractivity contribution in [3.8, 4) is 11.1 Å². The van der Waals surface area contributed by atoms with Crippen LogP contribution in [0.2, 0.25) is 0 Å². The van der Waals surface area contributed by atoms with Gasteiger partial charge in [0.2, 0.25) is 5.91 Å². The number of hydrogen-bond donors (Lipinski definition) is 1. The second-order valence-electron chi connectivity index (χ2n) is 9.18. The van der Waals surface area contributed by atoms with Crippen molar-refractivity contribution in [3.05, 3.63) is 90.3 Å². The summed E-state index contributed by atoms with van der Waals surface area (Å²) in [5, 5.41) is 3.14. The molecule has 0 unspecified atom stereocenters. The summed E-state index contributed by atoms with van der Waals surface area (Å²) < 4.78 is 0. The van der Waals surface area contributed by atoms with Crippen molar-refractivity contribution in [2.45, 2.75) is 39.2 Å². The fourth-order valence-electron chi connectivity index (χ4n) is 4.54. The van der Waals surface area contributed by atoms with Gasteiger partial charge in [-0.1, -0.05) is 48.5 Å². The number of piperidine rings is 1. The summed E-state index contributed by atoms with van der Waals surface area (Å²) >= 11 is 0. The second-order valence-corrected chi connectivity index (χ2v) is 9.18. The Morgan fingerprint density at radius 2 is 1.64 bits per heavy atom. The van der Waals surface area contributed by atoms with Crippen LogP contribution in [0.15, 0.2) is 79.1 Å². The number of benzene rings is 2. The van der Waals surface area contributed by atoms with Crippen molar-refractivity contribution in [1.82, 2.24) is 15.2 Å². The SMILES string of the molecule is CC(C)NC(=O)C1(Cc2ccc(-c3cccnc3)cc2)CCN(C(=O)c2ccccc2)CC1. The minimum Gasteiger partial charge on any atom is -0.353 e. The van der Waals surface area contributed by atoms with Crippen molar-refractivity contribution in [2.75, 3.05) is 13.1 Å². The van der Waals surface area contributed by atoms with Crippen LogP contribution in [0.4, 0.5) is 0 Å². The molecule has 0 saturated carbocycles. The van der Waals surface area contributed by atoms with E-state index in [1.54, 1.807) is 6.20 Å². The minimum absolute atomic E-state index is 0.0364. The molecule has 0 bridgehead atoms. The number of nitrogens with one attached hydrogen (secondary N) is 1. The molecule has 2 heterocycles. The molecule has 0 atom stereocenters. The second kappa shape index (κ2) is 9.99. The van der Waals surface area contributed by atoms with Crippen LogP contribution in [0.5, 0.6) is 0 Å². The first-order chi connectivity index (χ1) is 16.0. The summed E-state index contributed by atoms with van der Waals surface area (Å²) in [6.07, 6.45) is 5.57. The Morgan fingerprint density at radius 3 is 2.24 bits per heavy atom. The maximum absolute atomic E-state index is 13.3. The van der Waals surface area contributed by atoms with Crippen molar-refractivity contribution in [3.63, 3.8) is 0 Å². The van der Waals surface area contributed by atoms with Crippen molar-refractivity contribution in [2.24, 2.45) is 5.41 Å². The van der Waals surface area contributed by atoms with Crippen molar-refractivity contribution in [1.29, 1.82) is 0 Å². The molecule has 1 aliphatic rings. The smallest absolute Gasteiger partial charge is 0.253 e. The minimum atomic E-state index is -0.520. The third-order valence-corrected chi connectivity index (χ3v) is 6.42. The lowest BCUT2D eigenvalue weighted by molar-refractivity contribution is -0.134. The standard InChI is InChI=1S/C28H31N3O2/c1-21(2)30-27(33)28(14-17-31(18-15-28)26(32)24-7-4-3-5-8-24)19-22-10-12-23(13-11-22)25-9-6-16-29-20-25/h3-13,16,20-21H,14-15,17-19H2,1-2H3,(H,30,33). The average Bonchev–Trinajstić information content (AvgIpc) is 2.85. The van der Waals surface area contributed by atoms with E-state index in [0.717, 1.165) is 16.7 Å². The highest BCUT2D eigenvalue weighted by atomic mass is 16.2. The quantitative estimate of drug-likeness (QED) is 0.601. The Balaban J connectivity index is 1.51. The molecule has 170 valence electrons. The van der Waals surface area contributed by atoms with E-state index < -0.39 is 5.41 Å². The van der Waals surface area contributed by atoms with Crippen LogP contribution in [-0.4, -0.2) is 40.8 Å². The average molecular weight is 442 g/mol. The highest BCUT2D eigenvalue weighted by Crippen LogP contribution is 2.36. The number of carbonyl (C=O) groups is 2. The molecule has 0 spiro atoms. The molecule has 1 N–H and O–H groups in total. The van der Waals surface area contributed by atoms with E-state index in [9.17, 15) is 9.59 Å². The summed E-state index contributed by atoms with van der Waals surface area (Å²) in [5.41, 5.74) is 3.49. The number of aromatic nitrogens is 1. The molecule has 1 fully saturated rings. The monoisotopic (exact) mass is 441 g/mol. The van der Waals surface area contributed by atoms with Gasteiger partial charge in [0.15, 0.2) is 0 Å². The highest BCUT2D eigenvalue weighted by Gasteiger charge is 2.42. The number of hydrogen-bond acceptors (Lipinski definition) is 3. The zero-order valence-corrected chi connectivity index (χ0v) is 19.3. The van der Waals surface area contributed by atoms with Gasteiger partial charge in [0, 0.05) is 37.1 Å². The number of nitrogens with zero attached hydrogens (tertiary/aromatic N) is 2. The van der Waals surface area contributed by atoms with Gasteiger partial charge in [-0.25, -0.2) is 0 Å². The van der Waals surface area contributed by atoms with Gasteiger partial charge < -0.3 is 10.2 Å². The summed E-state index contributed by atoms with van der Waals surface area (Å²) in [6.45, 7) is 5.13. The van der Waals surface area contributed by atoms with Crippen molar-refractivity contribution >= 4 is 11.8 Å². The van der Waals surface area contributed by atoms with Gasteiger partial charge in [-0.05, 0) is 68.0 Å². The molecule has 0 radical (unpaired) electrons. The Morgan fingerprint density at radius 1 is 0.939 bits per heavy atom. The number of pyridine rings is 1. The van der Waals surface area contributed by atoms with E-state index in [0.29, 0.717) is 37.9 Å². The predicted octanol–water partition coefficient (Wildman–Crippen LogP) is 4.74. The maximum atomic E-state index is 13.3. The first-order valence-corrected chi connectivity index (χ1v) is 11.6. The zero-order valence-electron chi connectivity index (χ0n) is 19.3. The lowest BCUT2D eigenvalue weighted by Crippen LogP contribution is -2.52. The number of likely N-dealkylation sites (tertiary alicyclic amines) is 1. The predicted molar refractivity (Wildman–Crippen MR) is 131 cm³/mol. The van der Waals surface area contributed by atoms with Gasteiger partial charge >= 0.3 is 0 Å². The van der Waals surface area contributed by atoms with E-state index in [1.807, 2.05) is 67.4 Å². The normalized spacial score (nSPS) is 15.3. The van der Waals surface area contributed by atoms with Crippen LogP contribution in [0, 0.1) is 5.41 Å². The van der Waals surface area contributed by atoms with Gasteiger partial charge in [0.05, 0.1) is 5.41 Å². The van der Waals surface area contributed by atoms with Gasteiger partial charge in [0.25, 0.3) is 5.91 Å². The van der Waals surface area contributed by atoms with Crippen LogP contribution in [0.1, 0.15) is 42.6 Å². The van der Waals surface area contributed by atoms with Gasteiger partial charge in [0.1, 0.15) is 0 Å². The molecule has 33 heavy (non-hydrogen) atoms. The summed E-state index contributed by atoms with van der Waals surface area (Å²) in [4.78, 5) is 32.3. The van der Waals surface area contributed by atoms with Crippen LogP contribution >= 0.6 is 0 Å². The Hall–Kier alpha value is -3.47. The fourth-order valence-corrected chi connectivity index (χ4v) is 4.54. The van der Waals surface area contributed by atoms with Gasteiger partial charge in [-0.15, -0.1) is 0 Å². The molecule has 1 aromatic heterocycles. The first kappa shape index (κ1) is 22.7. The Kier molecular flexibility index (Phi) is 6.87. The van der Waals surface area contributed by atoms with Gasteiger partial charge in [-0.2, -0.15) is 0 Å². The third-order valence-electron chi connectivity index (χ3n) is 6.42. The first-order valence-electron chi connectivity index (χ1n) is 11.6. The molecule has 1 aliphatic heterocycles. The Labute approximate surface area is 195 Å². The summed E-state index contributed by atoms with van der Waals surface area (Å²) in [5.74, 6) is 0.120. The number of amides is 2. The molecule has 1 saturated heterocycles. The van der Waals surface area contributed by atoms with E-state index >= 15 is 0 Å². The van der Waals surface area contributed by atoms with Gasteiger partial charge in [-0.3, -0.25) is 14.6 Å². The van der Waals surface area contributed by atoms with Crippen LogP contribution in [0.3, 0.4) is 0 Å². The van der Waals surface area contributed by atoms with Crippen LogP contribution in [-0.2, 0) is 11.2 Å². The molecule has 5 nitrogen and oxygen atoms in total. The molecule has 2 amide bonds. The molecule has 3 aromatic rings. The maximum Gasteiger partial charge on any atom is 0.253 e. The fraction of sp³-hybridized carbons (Fsp3) is 0.321. The van der Waals surface area contributed by atoms with Crippen molar-refractivity contribution < 1.29 is 9.59 Å². The molecule has 2 aromatic carbocycles. The summed E-state index contributed by atoms with van der Waals surface area (Å²) in [7, 11) is 0. The van der Waals surface area contributed by atoms with E-state index in [4.69, 9.17) is 0 Å². The Bertz CT molecular complexity index is 1070. The largest absolute Gasteiger partial charge is 0.353 e. The number of rotatable bonds is 6. The van der Waals surface area contributed by atoms with Crippen LogP contribution < -0.4 is 5.32 Å². The topological polar surface area (TPSA) is 62.3 Å². The molecule has 5 heteroatoms. The van der Waals surface area contributed by atoms with E-state index in [-0.39, 0.29) is 17.9 Å². The van der Waals surface area contributed by atoms with E-state index in [1.165, 1.54) is 0 Å². The highest BCUT2D eigenvalue weighted by molar-refractivity contribution is 5.94. The van der Waals surface area contributed by atoms with Crippen LogP contribution in [0.25, 0.3) is 11.1 Å². The molecule has 0 aliphatic carbocycles. The number of carbonyl (C=O) groups excluding carboxylic acids is 2. The molecular weight excluding hydrogens is 410 g/mol. The molecular formula is C28H31N3O2. The molecule has 4 rings (SSSR count). The van der Waals surface area contributed by atoms with E-state index in [2.05, 4.69) is 34.6 Å². The lowest BCUT2D eigenvalue weighted by atomic mass is 9.72. The third kappa shape index (κ3) is 5.30. The zero-order chi connectivity index (χ0) is 23.3. The summed E-state index contributed by atoms with van der Waals surface area (Å²) in [6, 6.07) is 21.8.